The summed E-state index contributed by atoms with van der Waals surface area (Å²) in [6.07, 6.45) is 12.3. The van der Waals surface area contributed by atoms with Gasteiger partial charge >= 0.3 is 0 Å². The maximum atomic E-state index is 11.0. The number of rotatable bonds is 8. The van der Waals surface area contributed by atoms with Crippen LogP contribution in [0, 0.1) is 0 Å². The minimum atomic E-state index is 0.362. The Morgan fingerprint density at radius 1 is 1.00 bits per heavy atom. The fourth-order valence-electron chi connectivity index (χ4n) is 1.23. The second-order valence-electron chi connectivity index (χ2n) is 3.88. The van der Waals surface area contributed by atoms with Crippen molar-refractivity contribution in [1.82, 2.24) is 0 Å². The van der Waals surface area contributed by atoms with E-state index in [1.807, 2.05) is 6.92 Å². The van der Waals surface area contributed by atoms with Gasteiger partial charge in [-0.15, -0.1) is 0 Å². The Labute approximate surface area is 94.3 Å². The molecule has 0 aromatic carbocycles. The number of hydrogen-bond acceptors (Lipinski definition) is 1. The van der Waals surface area contributed by atoms with E-state index in [9.17, 15) is 4.79 Å². The van der Waals surface area contributed by atoms with Crippen molar-refractivity contribution in [2.75, 3.05) is 0 Å². The number of unbranched alkanes of at least 4 members (excludes halogenated alkanes) is 1. The molecule has 0 spiro atoms. The largest absolute Gasteiger partial charge is 0.300 e. The van der Waals surface area contributed by atoms with Gasteiger partial charge in [0.2, 0.25) is 0 Å². The minimum absolute atomic E-state index is 0.362. The first-order valence-electron chi connectivity index (χ1n) is 6.03. The third-order valence-corrected chi connectivity index (χ3v) is 2.53. The van der Waals surface area contributed by atoms with Crippen LogP contribution in [0.25, 0.3) is 0 Å². The molecule has 0 saturated heterocycles. The van der Waals surface area contributed by atoms with Crippen molar-refractivity contribution < 1.29 is 4.79 Å². The zero-order chi connectivity index (χ0) is 11.5. The number of allylic oxidation sites excluding steroid dienone is 4. The van der Waals surface area contributed by atoms with E-state index < -0.39 is 0 Å². The first-order valence-corrected chi connectivity index (χ1v) is 6.03. The molecule has 0 unspecified atom stereocenters. The zero-order valence-electron chi connectivity index (χ0n) is 10.4. The lowest BCUT2D eigenvalue weighted by atomic mass is 10.1. The molecule has 0 atom stereocenters. The molecule has 1 heteroatoms. The lowest BCUT2D eigenvalue weighted by Gasteiger charge is -1.94. The monoisotopic (exact) mass is 208 g/mol. The van der Waals surface area contributed by atoms with Crippen LogP contribution < -0.4 is 0 Å². The molecule has 0 saturated carbocycles. The third-order valence-electron chi connectivity index (χ3n) is 2.53. The quantitative estimate of drug-likeness (QED) is 0.426. The third kappa shape index (κ3) is 9.45. The summed E-state index contributed by atoms with van der Waals surface area (Å²) in [6, 6.07) is 0. The highest BCUT2D eigenvalue weighted by atomic mass is 16.1. The van der Waals surface area contributed by atoms with Crippen LogP contribution >= 0.6 is 0 Å². The van der Waals surface area contributed by atoms with Gasteiger partial charge in [0, 0.05) is 12.8 Å². The highest BCUT2D eigenvalue weighted by molar-refractivity contribution is 5.78. The van der Waals surface area contributed by atoms with E-state index in [4.69, 9.17) is 0 Å². The number of ketones is 1. The van der Waals surface area contributed by atoms with E-state index in [1.165, 1.54) is 5.57 Å². The van der Waals surface area contributed by atoms with Crippen LogP contribution in [0.4, 0.5) is 0 Å². The van der Waals surface area contributed by atoms with Crippen molar-refractivity contribution in [3.05, 3.63) is 23.8 Å². The number of hydrogen-bond donors (Lipinski definition) is 0. The van der Waals surface area contributed by atoms with Crippen molar-refractivity contribution in [3.8, 4) is 0 Å². The maximum absolute atomic E-state index is 11.0. The normalized spacial score (nSPS) is 12.3. The molecule has 86 valence electrons. The Kier molecular flexibility index (Phi) is 9.15. The molecule has 0 aromatic heterocycles. The molecular weight excluding hydrogens is 184 g/mol. The van der Waals surface area contributed by atoms with Gasteiger partial charge in [-0.05, 0) is 32.6 Å². The van der Waals surface area contributed by atoms with Gasteiger partial charge in [0.05, 0.1) is 0 Å². The lowest BCUT2D eigenvalue weighted by molar-refractivity contribution is -0.118. The van der Waals surface area contributed by atoms with Gasteiger partial charge in [0.15, 0.2) is 0 Å². The van der Waals surface area contributed by atoms with Gasteiger partial charge in [0.1, 0.15) is 5.78 Å². The van der Waals surface area contributed by atoms with Crippen molar-refractivity contribution in [1.29, 1.82) is 0 Å². The minimum Gasteiger partial charge on any atom is -0.300 e. The standard InChI is InChI=1S/C14H24O/c1-4-13(3)11-9-7-6-8-10-12-14(15)5-2/h6,8,11H,4-5,7,9-10,12H2,1-3H3. The predicted molar refractivity (Wildman–Crippen MR) is 67.0 cm³/mol. The van der Waals surface area contributed by atoms with Crippen LogP contribution in [-0.4, -0.2) is 5.78 Å². The highest BCUT2D eigenvalue weighted by Gasteiger charge is 1.93. The van der Waals surface area contributed by atoms with Crippen LogP contribution in [0.1, 0.15) is 59.3 Å². The molecule has 0 aliphatic heterocycles. The van der Waals surface area contributed by atoms with Gasteiger partial charge in [-0.3, -0.25) is 4.79 Å². The Hall–Kier alpha value is -0.850. The summed E-state index contributed by atoms with van der Waals surface area (Å²) in [4.78, 5) is 11.0. The Bertz CT molecular complexity index is 223. The summed E-state index contributed by atoms with van der Waals surface area (Å²) in [5, 5.41) is 0. The van der Waals surface area contributed by atoms with Gasteiger partial charge < -0.3 is 0 Å². The maximum Gasteiger partial charge on any atom is 0.132 e. The second kappa shape index (κ2) is 9.70. The summed E-state index contributed by atoms with van der Waals surface area (Å²) >= 11 is 0. The average molecular weight is 208 g/mol. The lowest BCUT2D eigenvalue weighted by Crippen LogP contribution is -1.92. The molecule has 1 nitrogen and oxygen atoms in total. The van der Waals surface area contributed by atoms with E-state index in [2.05, 4.69) is 32.1 Å². The van der Waals surface area contributed by atoms with Crippen molar-refractivity contribution >= 4 is 5.78 Å². The zero-order valence-corrected chi connectivity index (χ0v) is 10.4. The van der Waals surface area contributed by atoms with Crippen molar-refractivity contribution in [3.63, 3.8) is 0 Å². The van der Waals surface area contributed by atoms with Crippen LogP contribution in [0.2, 0.25) is 0 Å². The molecule has 0 N–H and O–H groups in total. The van der Waals surface area contributed by atoms with E-state index in [-0.39, 0.29) is 0 Å². The van der Waals surface area contributed by atoms with E-state index >= 15 is 0 Å². The summed E-state index contributed by atoms with van der Waals surface area (Å²) < 4.78 is 0. The molecule has 0 fully saturated rings. The van der Waals surface area contributed by atoms with Gasteiger partial charge in [-0.25, -0.2) is 0 Å². The molecular formula is C14H24O. The molecule has 0 amide bonds. The molecule has 0 heterocycles. The first-order chi connectivity index (χ1) is 7.20. The fourth-order valence-corrected chi connectivity index (χ4v) is 1.23. The van der Waals surface area contributed by atoms with Crippen molar-refractivity contribution in [2.45, 2.75) is 59.3 Å². The van der Waals surface area contributed by atoms with Crippen LogP contribution in [0.5, 0.6) is 0 Å². The highest BCUT2D eigenvalue weighted by Crippen LogP contribution is 2.03. The van der Waals surface area contributed by atoms with Gasteiger partial charge in [-0.2, -0.15) is 0 Å². The summed E-state index contributed by atoms with van der Waals surface area (Å²) in [5.74, 6) is 0.362. The average Bonchev–Trinajstić information content (AvgIpc) is 2.26. The topological polar surface area (TPSA) is 17.1 Å². The van der Waals surface area contributed by atoms with E-state index in [1.54, 1.807) is 0 Å². The van der Waals surface area contributed by atoms with Crippen molar-refractivity contribution in [2.24, 2.45) is 0 Å². The molecule has 0 aliphatic rings. The number of carbonyl (C=O) groups excluding carboxylic acids is 1. The second-order valence-corrected chi connectivity index (χ2v) is 3.88. The summed E-state index contributed by atoms with van der Waals surface area (Å²) in [7, 11) is 0. The Morgan fingerprint density at radius 3 is 2.27 bits per heavy atom. The van der Waals surface area contributed by atoms with Gasteiger partial charge in [-0.1, -0.05) is 37.6 Å². The van der Waals surface area contributed by atoms with Gasteiger partial charge in [0.25, 0.3) is 0 Å². The molecule has 15 heavy (non-hydrogen) atoms. The molecule has 0 bridgehead atoms. The van der Waals surface area contributed by atoms with Crippen LogP contribution in [-0.2, 0) is 4.79 Å². The van der Waals surface area contributed by atoms with E-state index in [0.717, 1.165) is 25.7 Å². The summed E-state index contributed by atoms with van der Waals surface area (Å²) in [5.41, 5.74) is 1.46. The number of Topliss-reactive ketones (excluding diaryl/α,β-unsaturated/α-hetero) is 1. The fraction of sp³-hybridized carbons (Fsp3) is 0.643. The van der Waals surface area contributed by atoms with Crippen LogP contribution in [0.3, 0.4) is 0 Å². The SMILES string of the molecule is CCC(=O)CCC=CCCC=C(C)CC. The Morgan fingerprint density at radius 2 is 1.67 bits per heavy atom. The van der Waals surface area contributed by atoms with E-state index in [0.29, 0.717) is 18.6 Å². The number of carbonyl (C=O) groups is 1. The predicted octanol–water partition coefficient (Wildman–Crippen LogP) is 4.44. The first kappa shape index (κ1) is 14.2. The molecule has 0 aromatic rings. The Balaban J connectivity index is 3.43. The molecule has 0 radical (unpaired) electrons. The smallest absolute Gasteiger partial charge is 0.132 e. The van der Waals surface area contributed by atoms with Crippen LogP contribution in [0.15, 0.2) is 23.8 Å². The summed E-state index contributed by atoms with van der Waals surface area (Å²) in [6.45, 7) is 6.27. The molecule has 0 rings (SSSR count). The molecule has 0 aliphatic carbocycles.